The predicted octanol–water partition coefficient (Wildman–Crippen LogP) is 1.58. The molecule has 7 heteroatoms. The number of aromatic nitrogens is 2. The van der Waals surface area contributed by atoms with Gasteiger partial charge in [0, 0.05) is 43.3 Å². The van der Waals surface area contributed by atoms with Crippen molar-refractivity contribution in [3.05, 3.63) is 48.5 Å². The summed E-state index contributed by atoms with van der Waals surface area (Å²) in [5.74, 6) is -1.08. The highest BCUT2D eigenvalue weighted by Crippen LogP contribution is 2.25. The smallest absolute Gasteiger partial charge is 0.305 e. The summed E-state index contributed by atoms with van der Waals surface area (Å²) < 4.78 is 7.16. The molecule has 1 aromatic heterocycles. The fraction of sp³-hybridized carbons (Fsp3) is 0.353. The number of amides is 1. The molecule has 0 bridgehead atoms. The summed E-state index contributed by atoms with van der Waals surface area (Å²) in [4.78, 5) is 29.4. The molecule has 2 unspecified atom stereocenters. The zero-order chi connectivity index (χ0) is 17.1. The van der Waals surface area contributed by atoms with Gasteiger partial charge >= 0.3 is 5.97 Å². The molecule has 2 atom stereocenters. The summed E-state index contributed by atoms with van der Waals surface area (Å²) in [5, 5.41) is 9.06. The van der Waals surface area contributed by atoms with Gasteiger partial charge in [0.2, 0.25) is 0 Å². The SMILES string of the molecule is COC1CC(CC(=O)O)N(C(=O)c2ccc(-n3ccnc3)cc2)C1. The lowest BCUT2D eigenvalue weighted by Crippen LogP contribution is -2.37. The predicted molar refractivity (Wildman–Crippen MR) is 86.1 cm³/mol. The lowest BCUT2D eigenvalue weighted by atomic mass is 10.1. The lowest BCUT2D eigenvalue weighted by Gasteiger charge is -2.23. The fourth-order valence-corrected chi connectivity index (χ4v) is 3.04. The third-order valence-electron chi connectivity index (χ3n) is 4.30. The van der Waals surface area contributed by atoms with Crippen LogP contribution in [-0.4, -0.2) is 57.2 Å². The monoisotopic (exact) mass is 329 g/mol. The summed E-state index contributed by atoms with van der Waals surface area (Å²) in [6, 6.07) is 6.83. The van der Waals surface area contributed by atoms with E-state index in [1.54, 1.807) is 36.7 Å². The Hall–Kier alpha value is -2.67. The van der Waals surface area contributed by atoms with E-state index in [9.17, 15) is 9.59 Å². The molecule has 1 aliphatic heterocycles. The average Bonchev–Trinajstić information content (AvgIpc) is 3.23. The molecule has 3 rings (SSSR count). The highest BCUT2D eigenvalue weighted by molar-refractivity contribution is 5.95. The maximum atomic E-state index is 12.8. The fourth-order valence-electron chi connectivity index (χ4n) is 3.04. The highest BCUT2D eigenvalue weighted by Gasteiger charge is 2.36. The van der Waals surface area contributed by atoms with Crippen molar-refractivity contribution in [3.63, 3.8) is 0 Å². The number of likely N-dealkylation sites (tertiary alicyclic amines) is 1. The van der Waals surface area contributed by atoms with Crippen molar-refractivity contribution >= 4 is 11.9 Å². The summed E-state index contributed by atoms with van der Waals surface area (Å²) in [5.41, 5.74) is 1.44. The molecule has 24 heavy (non-hydrogen) atoms. The Labute approximate surface area is 139 Å². The van der Waals surface area contributed by atoms with Crippen LogP contribution in [0.1, 0.15) is 23.2 Å². The number of carboxylic acids is 1. The number of hydrogen-bond donors (Lipinski definition) is 1. The van der Waals surface area contributed by atoms with Gasteiger partial charge in [-0.2, -0.15) is 0 Å². The molecule has 126 valence electrons. The number of rotatable bonds is 5. The number of ether oxygens (including phenoxy) is 1. The van der Waals surface area contributed by atoms with E-state index in [1.165, 1.54) is 0 Å². The van der Waals surface area contributed by atoms with Gasteiger partial charge in [0.15, 0.2) is 0 Å². The molecule has 0 radical (unpaired) electrons. The molecule has 0 spiro atoms. The number of carbonyl (C=O) groups excluding carboxylic acids is 1. The second-order valence-electron chi connectivity index (χ2n) is 5.82. The molecule has 1 amide bonds. The van der Waals surface area contributed by atoms with E-state index in [1.807, 2.05) is 22.9 Å². The molecule has 1 fully saturated rings. The second kappa shape index (κ2) is 6.84. The summed E-state index contributed by atoms with van der Waals surface area (Å²) in [6.07, 6.45) is 5.54. The number of benzene rings is 1. The molecular weight excluding hydrogens is 310 g/mol. The number of imidazole rings is 1. The molecule has 0 saturated carbocycles. The van der Waals surface area contributed by atoms with Gasteiger partial charge in [0.05, 0.1) is 18.9 Å². The molecule has 1 aliphatic rings. The molecule has 0 aliphatic carbocycles. The Morgan fingerprint density at radius 3 is 2.67 bits per heavy atom. The van der Waals surface area contributed by atoms with Crippen LogP contribution in [0, 0.1) is 0 Å². The van der Waals surface area contributed by atoms with Gasteiger partial charge in [-0.05, 0) is 30.7 Å². The van der Waals surface area contributed by atoms with Crippen molar-refractivity contribution in [2.75, 3.05) is 13.7 Å². The van der Waals surface area contributed by atoms with Crippen molar-refractivity contribution in [1.82, 2.24) is 14.5 Å². The van der Waals surface area contributed by atoms with Gasteiger partial charge in [-0.3, -0.25) is 9.59 Å². The maximum Gasteiger partial charge on any atom is 0.305 e. The summed E-state index contributed by atoms with van der Waals surface area (Å²) in [7, 11) is 1.58. The topological polar surface area (TPSA) is 84.7 Å². The van der Waals surface area contributed by atoms with E-state index in [0.29, 0.717) is 18.5 Å². The molecule has 2 heterocycles. The second-order valence-corrected chi connectivity index (χ2v) is 5.82. The molecule has 1 N–H and O–H groups in total. The molecular formula is C17H19N3O4. The minimum Gasteiger partial charge on any atom is -0.481 e. The Bertz CT molecular complexity index is 712. The molecule has 1 saturated heterocycles. The van der Waals surface area contributed by atoms with E-state index in [2.05, 4.69) is 4.98 Å². The van der Waals surface area contributed by atoms with Crippen molar-refractivity contribution in [1.29, 1.82) is 0 Å². The largest absolute Gasteiger partial charge is 0.481 e. The summed E-state index contributed by atoms with van der Waals surface area (Å²) >= 11 is 0. The number of aliphatic carboxylic acids is 1. The summed E-state index contributed by atoms with van der Waals surface area (Å²) in [6.45, 7) is 0.413. The molecule has 1 aromatic carbocycles. The van der Waals surface area contributed by atoms with E-state index >= 15 is 0 Å². The van der Waals surface area contributed by atoms with Crippen LogP contribution in [0.25, 0.3) is 5.69 Å². The third-order valence-corrected chi connectivity index (χ3v) is 4.30. The first-order valence-electron chi connectivity index (χ1n) is 7.72. The number of nitrogens with zero attached hydrogens (tertiary/aromatic N) is 3. The van der Waals surface area contributed by atoms with Crippen LogP contribution in [0.2, 0.25) is 0 Å². The number of carbonyl (C=O) groups is 2. The molecule has 7 nitrogen and oxygen atoms in total. The number of hydrogen-bond acceptors (Lipinski definition) is 4. The standard InChI is InChI=1S/C17H19N3O4/c1-24-15-8-14(9-16(21)22)20(10-15)17(23)12-2-4-13(5-3-12)19-7-6-18-11-19/h2-7,11,14-15H,8-10H2,1H3,(H,21,22). The molecule has 2 aromatic rings. The van der Waals surface area contributed by atoms with Crippen LogP contribution in [0.3, 0.4) is 0 Å². The van der Waals surface area contributed by atoms with Gasteiger partial charge in [-0.25, -0.2) is 4.98 Å². The lowest BCUT2D eigenvalue weighted by molar-refractivity contribution is -0.137. The average molecular weight is 329 g/mol. The number of carboxylic acid groups (broad SMARTS) is 1. The van der Waals surface area contributed by atoms with Crippen molar-refractivity contribution < 1.29 is 19.4 Å². The van der Waals surface area contributed by atoms with Crippen LogP contribution < -0.4 is 0 Å². The van der Waals surface area contributed by atoms with Crippen molar-refractivity contribution in [2.24, 2.45) is 0 Å². The van der Waals surface area contributed by atoms with Crippen molar-refractivity contribution in [2.45, 2.75) is 25.0 Å². The Balaban J connectivity index is 1.78. The quantitative estimate of drug-likeness (QED) is 0.900. The van der Waals surface area contributed by atoms with E-state index < -0.39 is 5.97 Å². The first-order valence-corrected chi connectivity index (χ1v) is 7.72. The van der Waals surface area contributed by atoms with E-state index in [-0.39, 0.29) is 24.5 Å². The van der Waals surface area contributed by atoms with Crippen LogP contribution in [0.15, 0.2) is 43.0 Å². The van der Waals surface area contributed by atoms with E-state index in [4.69, 9.17) is 9.84 Å². The minimum absolute atomic E-state index is 0.0707. The first kappa shape index (κ1) is 16.2. The first-order chi connectivity index (χ1) is 11.6. The minimum atomic E-state index is -0.912. The zero-order valence-electron chi connectivity index (χ0n) is 13.3. The van der Waals surface area contributed by atoms with Gasteiger partial charge in [0.1, 0.15) is 0 Å². The third kappa shape index (κ3) is 3.30. The van der Waals surface area contributed by atoms with Gasteiger partial charge < -0.3 is 19.3 Å². The highest BCUT2D eigenvalue weighted by atomic mass is 16.5. The van der Waals surface area contributed by atoms with Gasteiger partial charge in [-0.15, -0.1) is 0 Å². The zero-order valence-corrected chi connectivity index (χ0v) is 13.3. The Morgan fingerprint density at radius 2 is 2.08 bits per heavy atom. The van der Waals surface area contributed by atoms with Crippen molar-refractivity contribution in [3.8, 4) is 5.69 Å². The van der Waals surface area contributed by atoms with E-state index in [0.717, 1.165) is 5.69 Å². The van der Waals surface area contributed by atoms with Crippen LogP contribution in [0.5, 0.6) is 0 Å². The Morgan fingerprint density at radius 1 is 1.33 bits per heavy atom. The van der Waals surface area contributed by atoms with Crippen LogP contribution >= 0.6 is 0 Å². The number of methoxy groups -OCH3 is 1. The van der Waals surface area contributed by atoms with Gasteiger partial charge in [0.25, 0.3) is 5.91 Å². The van der Waals surface area contributed by atoms with Crippen LogP contribution in [-0.2, 0) is 9.53 Å². The van der Waals surface area contributed by atoms with Gasteiger partial charge in [-0.1, -0.05) is 0 Å². The maximum absolute atomic E-state index is 12.8. The van der Waals surface area contributed by atoms with Crippen LogP contribution in [0.4, 0.5) is 0 Å². The Kier molecular flexibility index (Phi) is 4.61. The normalized spacial score (nSPS) is 20.3.